The van der Waals surface area contributed by atoms with Crippen molar-refractivity contribution in [1.82, 2.24) is 5.32 Å². The number of nitrogens with one attached hydrogen (secondary N) is 1. The lowest BCUT2D eigenvalue weighted by molar-refractivity contribution is -0.123. The fourth-order valence-electron chi connectivity index (χ4n) is 1.72. The van der Waals surface area contributed by atoms with Gasteiger partial charge in [0.05, 0.1) is 0 Å². The summed E-state index contributed by atoms with van der Waals surface area (Å²) in [7, 11) is 0. The molecule has 0 fully saturated rings. The van der Waals surface area contributed by atoms with E-state index in [1.165, 1.54) is 5.56 Å². The molecule has 0 aromatic heterocycles. The first-order valence-corrected chi connectivity index (χ1v) is 7.19. The normalized spacial score (nSPS) is 10.2. The highest BCUT2D eigenvalue weighted by molar-refractivity contribution is 6.34. The minimum absolute atomic E-state index is 0.0808. The van der Waals surface area contributed by atoms with Crippen LogP contribution in [-0.2, 0) is 11.3 Å². The van der Waals surface area contributed by atoms with Gasteiger partial charge in [-0.3, -0.25) is 4.79 Å². The second-order valence-corrected chi connectivity index (χ2v) is 5.53. The van der Waals surface area contributed by atoms with Crippen molar-refractivity contribution in [3.63, 3.8) is 0 Å². The monoisotopic (exact) mass is 323 g/mol. The fourth-order valence-corrected chi connectivity index (χ4v) is 2.22. The lowest BCUT2D eigenvalue weighted by Crippen LogP contribution is -2.28. The Morgan fingerprint density at radius 2 is 1.71 bits per heavy atom. The Morgan fingerprint density at radius 1 is 1.10 bits per heavy atom. The van der Waals surface area contributed by atoms with E-state index in [1.807, 2.05) is 31.2 Å². The third-order valence-corrected chi connectivity index (χ3v) is 3.25. The molecule has 0 saturated heterocycles. The predicted octanol–water partition coefficient (Wildman–Crippen LogP) is 4.00. The molecule has 110 valence electrons. The van der Waals surface area contributed by atoms with Crippen molar-refractivity contribution in [2.24, 2.45) is 0 Å². The molecular formula is C16H15Cl2NO2. The third kappa shape index (κ3) is 5.29. The number of carbonyl (C=O) groups excluding carboxylic acids is 1. The van der Waals surface area contributed by atoms with Gasteiger partial charge < -0.3 is 10.1 Å². The number of ether oxygens (including phenoxy) is 1. The smallest absolute Gasteiger partial charge is 0.258 e. The predicted molar refractivity (Wildman–Crippen MR) is 85.0 cm³/mol. The van der Waals surface area contributed by atoms with Gasteiger partial charge in [0.25, 0.3) is 5.91 Å². The van der Waals surface area contributed by atoms with Crippen molar-refractivity contribution in [1.29, 1.82) is 0 Å². The average molecular weight is 324 g/mol. The highest BCUT2D eigenvalue weighted by Crippen LogP contribution is 2.23. The molecular weight excluding hydrogens is 309 g/mol. The van der Waals surface area contributed by atoms with Crippen LogP contribution in [0.2, 0.25) is 10.0 Å². The maximum absolute atomic E-state index is 11.7. The van der Waals surface area contributed by atoms with Crippen LogP contribution in [0, 0.1) is 6.92 Å². The Hall–Kier alpha value is -1.71. The Balaban J connectivity index is 1.80. The molecule has 0 heterocycles. The molecule has 0 aliphatic carbocycles. The van der Waals surface area contributed by atoms with Gasteiger partial charge in [-0.2, -0.15) is 0 Å². The molecule has 2 aromatic carbocycles. The summed E-state index contributed by atoms with van der Waals surface area (Å²) in [6, 6.07) is 12.8. The molecule has 0 aliphatic heterocycles. The van der Waals surface area contributed by atoms with Gasteiger partial charge in [0.1, 0.15) is 5.75 Å². The number of amides is 1. The van der Waals surface area contributed by atoms with E-state index in [1.54, 1.807) is 18.2 Å². The zero-order valence-corrected chi connectivity index (χ0v) is 13.0. The molecule has 1 N–H and O–H groups in total. The SMILES string of the molecule is Cc1ccc(CNC(=O)COc2cc(Cl)cc(Cl)c2)cc1. The first-order chi connectivity index (χ1) is 10.0. The second-order valence-electron chi connectivity index (χ2n) is 4.66. The fraction of sp³-hybridized carbons (Fsp3) is 0.188. The molecule has 0 aliphatic rings. The molecule has 0 spiro atoms. The summed E-state index contributed by atoms with van der Waals surface area (Å²) in [5.41, 5.74) is 2.23. The minimum Gasteiger partial charge on any atom is -0.484 e. The van der Waals surface area contributed by atoms with Crippen molar-refractivity contribution in [2.45, 2.75) is 13.5 Å². The number of hydrogen-bond donors (Lipinski definition) is 1. The number of aryl methyl sites for hydroxylation is 1. The maximum atomic E-state index is 11.7. The van der Waals surface area contributed by atoms with Gasteiger partial charge in [-0.25, -0.2) is 0 Å². The first-order valence-electron chi connectivity index (χ1n) is 6.44. The van der Waals surface area contributed by atoms with Crippen LogP contribution in [0.15, 0.2) is 42.5 Å². The number of halogens is 2. The van der Waals surface area contributed by atoms with Crippen molar-refractivity contribution >= 4 is 29.1 Å². The van der Waals surface area contributed by atoms with E-state index in [4.69, 9.17) is 27.9 Å². The molecule has 2 aromatic rings. The Bertz CT molecular complexity index is 606. The molecule has 0 bridgehead atoms. The Kier molecular flexibility index (Phi) is 5.48. The lowest BCUT2D eigenvalue weighted by Gasteiger charge is -2.08. The van der Waals surface area contributed by atoms with Crippen LogP contribution in [0.1, 0.15) is 11.1 Å². The van der Waals surface area contributed by atoms with E-state index in [9.17, 15) is 4.79 Å². The van der Waals surface area contributed by atoms with Gasteiger partial charge in [-0.1, -0.05) is 53.0 Å². The molecule has 2 rings (SSSR count). The number of rotatable bonds is 5. The summed E-state index contributed by atoms with van der Waals surface area (Å²) in [6.07, 6.45) is 0. The highest BCUT2D eigenvalue weighted by atomic mass is 35.5. The summed E-state index contributed by atoms with van der Waals surface area (Å²) in [6.45, 7) is 2.41. The maximum Gasteiger partial charge on any atom is 0.258 e. The van der Waals surface area contributed by atoms with E-state index in [-0.39, 0.29) is 12.5 Å². The van der Waals surface area contributed by atoms with Gasteiger partial charge in [0.15, 0.2) is 6.61 Å². The van der Waals surface area contributed by atoms with E-state index in [0.717, 1.165) is 5.56 Å². The molecule has 3 nitrogen and oxygen atoms in total. The van der Waals surface area contributed by atoms with E-state index < -0.39 is 0 Å². The van der Waals surface area contributed by atoms with Gasteiger partial charge in [0, 0.05) is 16.6 Å². The highest BCUT2D eigenvalue weighted by Gasteiger charge is 2.04. The topological polar surface area (TPSA) is 38.3 Å². The van der Waals surface area contributed by atoms with Gasteiger partial charge in [-0.05, 0) is 30.7 Å². The van der Waals surface area contributed by atoms with Gasteiger partial charge >= 0.3 is 0 Å². The molecule has 0 unspecified atom stereocenters. The van der Waals surface area contributed by atoms with Crippen LogP contribution in [-0.4, -0.2) is 12.5 Å². The molecule has 21 heavy (non-hydrogen) atoms. The van der Waals surface area contributed by atoms with Crippen LogP contribution in [0.25, 0.3) is 0 Å². The van der Waals surface area contributed by atoms with Crippen LogP contribution < -0.4 is 10.1 Å². The zero-order chi connectivity index (χ0) is 15.2. The van der Waals surface area contributed by atoms with Crippen molar-refractivity contribution < 1.29 is 9.53 Å². The average Bonchev–Trinajstić information content (AvgIpc) is 2.43. The zero-order valence-electron chi connectivity index (χ0n) is 11.5. The minimum atomic E-state index is -0.202. The van der Waals surface area contributed by atoms with Crippen molar-refractivity contribution in [3.05, 3.63) is 63.6 Å². The summed E-state index contributed by atoms with van der Waals surface area (Å²) in [5, 5.41) is 3.73. The molecule has 5 heteroatoms. The Labute approximate surface area is 133 Å². The third-order valence-electron chi connectivity index (χ3n) is 2.82. The summed E-state index contributed by atoms with van der Waals surface area (Å²) in [4.78, 5) is 11.7. The molecule has 1 amide bonds. The molecule has 0 atom stereocenters. The number of hydrogen-bond acceptors (Lipinski definition) is 2. The van der Waals surface area contributed by atoms with Crippen LogP contribution in [0.3, 0.4) is 0 Å². The Morgan fingerprint density at radius 3 is 2.33 bits per heavy atom. The van der Waals surface area contributed by atoms with Crippen LogP contribution >= 0.6 is 23.2 Å². The first kappa shape index (κ1) is 15.7. The molecule has 0 radical (unpaired) electrons. The standard InChI is InChI=1S/C16H15Cl2NO2/c1-11-2-4-12(5-3-11)9-19-16(20)10-21-15-7-13(17)6-14(18)8-15/h2-8H,9-10H2,1H3,(H,19,20). The van der Waals surface area contributed by atoms with Crippen LogP contribution in [0.5, 0.6) is 5.75 Å². The van der Waals surface area contributed by atoms with Crippen molar-refractivity contribution in [3.8, 4) is 5.75 Å². The second kappa shape index (κ2) is 7.34. The lowest BCUT2D eigenvalue weighted by atomic mass is 10.1. The number of benzene rings is 2. The summed E-state index contributed by atoms with van der Waals surface area (Å²) < 4.78 is 5.36. The van der Waals surface area contributed by atoms with E-state index in [0.29, 0.717) is 22.3 Å². The van der Waals surface area contributed by atoms with Crippen molar-refractivity contribution in [2.75, 3.05) is 6.61 Å². The van der Waals surface area contributed by atoms with E-state index in [2.05, 4.69) is 5.32 Å². The summed E-state index contributed by atoms with van der Waals surface area (Å²) in [5.74, 6) is 0.268. The molecule has 0 saturated carbocycles. The van der Waals surface area contributed by atoms with Crippen LogP contribution in [0.4, 0.5) is 0 Å². The number of carbonyl (C=O) groups is 1. The van der Waals surface area contributed by atoms with Gasteiger partial charge in [-0.15, -0.1) is 0 Å². The quantitative estimate of drug-likeness (QED) is 0.903. The summed E-state index contributed by atoms with van der Waals surface area (Å²) >= 11 is 11.7. The largest absolute Gasteiger partial charge is 0.484 e. The van der Waals surface area contributed by atoms with Gasteiger partial charge in [0.2, 0.25) is 0 Å². The van der Waals surface area contributed by atoms with E-state index >= 15 is 0 Å².